The van der Waals surface area contributed by atoms with E-state index in [0.717, 1.165) is 12.1 Å². The highest BCUT2D eigenvalue weighted by Gasteiger charge is 2.30. The van der Waals surface area contributed by atoms with Crippen LogP contribution in [0.5, 0.6) is 11.5 Å². The maximum atomic E-state index is 12.6. The first-order valence-corrected chi connectivity index (χ1v) is 9.69. The Balaban J connectivity index is 1.84. The number of ether oxygens (including phenoxy) is 2. The lowest BCUT2D eigenvalue weighted by atomic mass is 10.2. The first-order valence-electron chi connectivity index (χ1n) is 8.20. The molecule has 0 radical (unpaired) electrons. The van der Waals surface area contributed by atoms with Crippen molar-refractivity contribution < 1.29 is 31.1 Å². The predicted octanol–water partition coefficient (Wildman–Crippen LogP) is 3.46. The number of rotatable bonds is 7. The SMILES string of the molecule is CCOc1ccc(S(=O)(=O)NCC#CCOc2cccc(C(F)(F)F)c2)cc1. The quantitative estimate of drug-likeness (QED) is 0.706. The molecule has 5 nitrogen and oxygen atoms in total. The molecule has 0 spiro atoms. The Bertz CT molecular complexity index is 946. The summed E-state index contributed by atoms with van der Waals surface area (Å²) in [7, 11) is -3.73. The fraction of sp³-hybridized carbons (Fsp3) is 0.263. The summed E-state index contributed by atoms with van der Waals surface area (Å²) in [5.41, 5.74) is -0.818. The van der Waals surface area contributed by atoms with Crippen LogP contribution < -0.4 is 14.2 Å². The summed E-state index contributed by atoms with van der Waals surface area (Å²) in [4.78, 5) is 0.0676. The van der Waals surface area contributed by atoms with Gasteiger partial charge in [0.05, 0.1) is 23.6 Å². The molecule has 0 heterocycles. The standard InChI is InChI=1S/C19H18F3NO4S/c1-2-26-16-8-10-18(11-9-16)28(24,25)23-12-3-4-13-27-17-7-5-6-15(14-17)19(20,21)22/h5-11,14,23H,2,12-13H2,1H3. The van der Waals surface area contributed by atoms with Crippen molar-refractivity contribution in [3.05, 3.63) is 54.1 Å². The van der Waals surface area contributed by atoms with E-state index in [1.54, 1.807) is 12.1 Å². The monoisotopic (exact) mass is 413 g/mol. The highest BCUT2D eigenvalue weighted by Crippen LogP contribution is 2.31. The van der Waals surface area contributed by atoms with Gasteiger partial charge in [0.1, 0.15) is 18.1 Å². The average Bonchev–Trinajstić information content (AvgIpc) is 2.65. The molecule has 0 aliphatic heterocycles. The molecule has 2 aromatic rings. The minimum Gasteiger partial charge on any atom is -0.494 e. The Hall–Kier alpha value is -2.70. The van der Waals surface area contributed by atoms with Crippen molar-refractivity contribution in [1.29, 1.82) is 0 Å². The normalized spacial score (nSPS) is 11.4. The van der Waals surface area contributed by atoms with Gasteiger partial charge < -0.3 is 9.47 Å². The molecule has 0 bridgehead atoms. The molecule has 0 unspecified atom stereocenters. The molecule has 0 aliphatic rings. The number of nitrogens with one attached hydrogen (secondary N) is 1. The van der Waals surface area contributed by atoms with Crippen LogP contribution in [0.2, 0.25) is 0 Å². The Morgan fingerprint density at radius 2 is 1.71 bits per heavy atom. The van der Waals surface area contributed by atoms with Gasteiger partial charge in [-0.2, -0.15) is 17.9 Å². The molecule has 2 aromatic carbocycles. The molecule has 0 aromatic heterocycles. The van der Waals surface area contributed by atoms with Crippen molar-refractivity contribution in [2.75, 3.05) is 19.8 Å². The van der Waals surface area contributed by atoms with Gasteiger partial charge in [0.2, 0.25) is 10.0 Å². The van der Waals surface area contributed by atoms with E-state index in [4.69, 9.17) is 9.47 Å². The minimum atomic E-state index is -4.45. The molecule has 0 fully saturated rings. The Morgan fingerprint density at radius 1 is 1.00 bits per heavy atom. The third kappa shape index (κ3) is 6.48. The van der Waals surface area contributed by atoms with Crippen LogP contribution in [0, 0.1) is 11.8 Å². The highest BCUT2D eigenvalue weighted by molar-refractivity contribution is 7.89. The predicted molar refractivity (Wildman–Crippen MR) is 97.5 cm³/mol. The lowest BCUT2D eigenvalue weighted by Gasteiger charge is -2.08. The van der Waals surface area contributed by atoms with Crippen molar-refractivity contribution in [3.8, 4) is 23.3 Å². The topological polar surface area (TPSA) is 64.6 Å². The lowest BCUT2D eigenvalue weighted by Crippen LogP contribution is -2.24. The third-order valence-electron chi connectivity index (χ3n) is 3.39. The summed E-state index contributed by atoms with van der Waals surface area (Å²) >= 11 is 0. The fourth-order valence-electron chi connectivity index (χ4n) is 2.09. The van der Waals surface area contributed by atoms with Crippen LogP contribution in [0.4, 0.5) is 13.2 Å². The van der Waals surface area contributed by atoms with Crippen LogP contribution in [0.1, 0.15) is 12.5 Å². The second-order valence-corrected chi connectivity index (χ2v) is 7.16. The van der Waals surface area contributed by atoms with Gasteiger partial charge in [0, 0.05) is 0 Å². The van der Waals surface area contributed by atoms with Crippen LogP contribution in [0.15, 0.2) is 53.4 Å². The van der Waals surface area contributed by atoms with E-state index >= 15 is 0 Å². The Kier molecular flexibility index (Phi) is 7.31. The summed E-state index contributed by atoms with van der Waals surface area (Å²) in [6.45, 7) is 1.96. The number of hydrogen-bond acceptors (Lipinski definition) is 4. The van der Waals surface area contributed by atoms with E-state index in [-0.39, 0.29) is 23.8 Å². The van der Waals surface area contributed by atoms with Crippen molar-refractivity contribution in [2.24, 2.45) is 0 Å². The molecule has 0 saturated carbocycles. The number of benzene rings is 2. The lowest BCUT2D eigenvalue weighted by molar-refractivity contribution is -0.137. The van der Waals surface area contributed by atoms with E-state index in [9.17, 15) is 21.6 Å². The zero-order valence-corrected chi connectivity index (χ0v) is 15.7. The molecular weight excluding hydrogens is 395 g/mol. The fourth-order valence-corrected chi connectivity index (χ4v) is 3.01. The van der Waals surface area contributed by atoms with Gasteiger partial charge >= 0.3 is 6.18 Å². The molecule has 0 amide bonds. The van der Waals surface area contributed by atoms with E-state index < -0.39 is 21.8 Å². The van der Waals surface area contributed by atoms with Crippen LogP contribution in [0.25, 0.3) is 0 Å². The first kappa shape index (κ1) is 21.6. The maximum absolute atomic E-state index is 12.6. The van der Waals surface area contributed by atoms with E-state index in [1.807, 2.05) is 6.92 Å². The first-order chi connectivity index (χ1) is 13.2. The van der Waals surface area contributed by atoms with Crippen molar-refractivity contribution in [2.45, 2.75) is 18.0 Å². The van der Waals surface area contributed by atoms with E-state index in [0.29, 0.717) is 12.4 Å². The minimum absolute atomic E-state index is 0.0269. The van der Waals surface area contributed by atoms with Gasteiger partial charge in [-0.1, -0.05) is 17.9 Å². The summed E-state index contributed by atoms with van der Waals surface area (Å²) in [6, 6.07) is 10.3. The highest BCUT2D eigenvalue weighted by atomic mass is 32.2. The molecule has 0 saturated heterocycles. The van der Waals surface area contributed by atoms with Crippen LogP contribution in [-0.2, 0) is 16.2 Å². The Morgan fingerprint density at radius 3 is 2.36 bits per heavy atom. The number of hydrogen-bond donors (Lipinski definition) is 1. The van der Waals surface area contributed by atoms with E-state index in [1.165, 1.54) is 24.3 Å². The smallest absolute Gasteiger partial charge is 0.416 e. The third-order valence-corrected chi connectivity index (χ3v) is 4.81. The number of alkyl halides is 3. The van der Waals surface area contributed by atoms with Gasteiger partial charge in [-0.15, -0.1) is 0 Å². The second kappa shape index (κ2) is 9.48. The number of sulfonamides is 1. The van der Waals surface area contributed by atoms with Crippen LogP contribution >= 0.6 is 0 Å². The van der Waals surface area contributed by atoms with Gasteiger partial charge in [-0.25, -0.2) is 8.42 Å². The molecule has 9 heteroatoms. The molecule has 28 heavy (non-hydrogen) atoms. The van der Waals surface area contributed by atoms with Crippen molar-refractivity contribution in [1.82, 2.24) is 4.72 Å². The maximum Gasteiger partial charge on any atom is 0.416 e. The van der Waals surface area contributed by atoms with E-state index in [2.05, 4.69) is 16.6 Å². The van der Waals surface area contributed by atoms with Crippen molar-refractivity contribution >= 4 is 10.0 Å². The largest absolute Gasteiger partial charge is 0.494 e. The van der Waals surface area contributed by atoms with Gasteiger partial charge in [0.15, 0.2) is 0 Å². The molecule has 150 valence electrons. The molecular formula is C19H18F3NO4S. The molecule has 1 N–H and O–H groups in total. The molecule has 2 rings (SSSR count). The van der Waals surface area contributed by atoms with Gasteiger partial charge in [-0.05, 0) is 49.4 Å². The summed E-state index contributed by atoms with van der Waals surface area (Å²) in [6.07, 6.45) is -4.45. The average molecular weight is 413 g/mol. The second-order valence-electron chi connectivity index (χ2n) is 5.40. The Labute approximate surface area is 161 Å². The van der Waals surface area contributed by atoms with Crippen molar-refractivity contribution in [3.63, 3.8) is 0 Å². The zero-order valence-electron chi connectivity index (χ0n) is 14.9. The number of halogens is 3. The van der Waals surface area contributed by atoms with Crippen LogP contribution in [0.3, 0.4) is 0 Å². The van der Waals surface area contributed by atoms with Gasteiger partial charge in [0.25, 0.3) is 0 Å². The molecule has 0 atom stereocenters. The van der Waals surface area contributed by atoms with Gasteiger partial charge in [-0.3, -0.25) is 0 Å². The summed E-state index contributed by atoms with van der Waals surface area (Å²) < 4.78 is 74.8. The van der Waals surface area contributed by atoms with Crippen LogP contribution in [-0.4, -0.2) is 28.2 Å². The summed E-state index contributed by atoms with van der Waals surface area (Å²) in [5.74, 6) is 5.68. The summed E-state index contributed by atoms with van der Waals surface area (Å²) in [5, 5.41) is 0. The zero-order chi connectivity index (χ0) is 20.6. The molecule has 0 aliphatic carbocycles.